The lowest BCUT2D eigenvalue weighted by Gasteiger charge is -2.33. The number of carbonyl (C=O) groups is 1. The van der Waals surface area contributed by atoms with Gasteiger partial charge >= 0.3 is 0 Å². The Morgan fingerprint density at radius 1 is 1.12 bits per heavy atom. The van der Waals surface area contributed by atoms with Gasteiger partial charge in [-0.25, -0.2) is 17.9 Å². The van der Waals surface area contributed by atoms with E-state index >= 15 is 0 Å². The zero-order valence-corrected chi connectivity index (χ0v) is 16.6. The molecule has 0 radical (unpaired) electrons. The molecule has 8 nitrogen and oxygen atoms in total. The Hall–Kier alpha value is -3.28. The Morgan fingerprint density at radius 2 is 1.94 bits per heavy atom. The maximum atomic E-state index is 13.6. The molecule has 5 unspecified atom stereocenters. The Balaban J connectivity index is 1.39. The highest BCUT2D eigenvalue weighted by Gasteiger charge is 2.59. The molecule has 2 aliphatic heterocycles. The smallest absolute Gasteiger partial charge is 0.258 e. The molecule has 2 fully saturated rings. The molecule has 166 valence electrons. The van der Waals surface area contributed by atoms with Gasteiger partial charge in [0.2, 0.25) is 0 Å². The number of fused-ring (bicyclic) bond motifs is 1. The molecule has 1 amide bonds. The van der Waals surface area contributed by atoms with Gasteiger partial charge in [-0.1, -0.05) is 17.3 Å². The van der Waals surface area contributed by atoms with E-state index in [1.807, 2.05) is 0 Å². The number of halogens is 3. The first-order valence-electron chi connectivity index (χ1n) is 9.73. The molecule has 5 atom stereocenters. The quantitative estimate of drug-likeness (QED) is 0.617. The molecular formula is C21H17F3N4O4. The number of amides is 1. The maximum Gasteiger partial charge on any atom is 0.258 e. The lowest BCUT2D eigenvalue weighted by molar-refractivity contribution is -0.151. The summed E-state index contributed by atoms with van der Waals surface area (Å²) in [6.45, 7) is 0. The summed E-state index contributed by atoms with van der Waals surface area (Å²) >= 11 is 0. The number of benzene rings is 2. The van der Waals surface area contributed by atoms with Crippen molar-refractivity contribution in [1.29, 1.82) is 0 Å². The van der Waals surface area contributed by atoms with Crippen molar-refractivity contribution in [2.75, 3.05) is 11.9 Å². The zero-order valence-electron chi connectivity index (χ0n) is 16.6. The maximum absolute atomic E-state index is 13.6. The van der Waals surface area contributed by atoms with Crippen molar-refractivity contribution in [3.05, 3.63) is 66.1 Å². The number of anilines is 1. The summed E-state index contributed by atoms with van der Waals surface area (Å²) in [6.07, 6.45) is -2.49. The highest BCUT2D eigenvalue weighted by molar-refractivity contribution is 5.96. The summed E-state index contributed by atoms with van der Waals surface area (Å²) < 4.78 is 52.7. The number of ether oxygens (including phenoxy) is 2. The van der Waals surface area contributed by atoms with Crippen LogP contribution < -0.4 is 4.90 Å². The average Bonchev–Trinajstić information content (AvgIpc) is 3.38. The van der Waals surface area contributed by atoms with Crippen molar-refractivity contribution in [3.63, 3.8) is 0 Å². The molecule has 1 aromatic heterocycles. The summed E-state index contributed by atoms with van der Waals surface area (Å²) in [4.78, 5) is 14.1. The molecule has 2 aliphatic rings. The molecule has 5 rings (SSSR count). The number of hydrogen-bond acceptors (Lipinski definition) is 6. The summed E-state index contributed by atoms with van der Waals surface area (Å²) in [5.41, 5.74) is 0.966. The van der Waals surface area contributed by atoms with Crippen molar-refractivity contribution >= 4 is 11.6 Å². The molecule has 32 heavy (non-hydrogen) atoms. The van der Waals surface area contributed by atoms with Crippen LogP contribution >= 0.6 is 0 Å². The fourth-order valence-corrected chi connectivity index (χ4v) is 3.78. The van der Waals surface area contributed by atoms with Crippen LogP contribution in [0.25, 0.3) is 11.3 Å². The summed E-state index contributed by atoms with van der Waals surface area (Å²) in [5.74, 6) is -3.26. The topological polar surface area (TPSA) is 93.0 Å². The van der Waals surface area contributed by atoms with Gasteiger partial charge in [0.15, 0.2) is 24.0 Å². The van der Waals surface area contributed by atoms with Gasteiger partial charge in [-0.15, -0.1) is 5.10 Å². The highest BCUT2D eigenvalue weighted by atomic mass is 19.2. The Bertz CT molecular complexity index is 1190. The van der Waals surface area contributed by atoms with Crippen LogP contribution in [0.5, 0.6) is 0 Å². The van der Waals surface area contributed by atoms with Crippen molar-refractivity contribution in [2.24, 2.45) is 0 Å². The first kappa shape index (κ1) is 20.6. The number of likely N-dealkylation sites (N-methyl/N-ethyl adjacent to an activating group) is 1. The Morgan fingerprint density at radius 3 is 2.69 bits per heavy atom. The molecule has 1 N–H and O–H groups in total. The number of aliphatic hydroxyl groups excluding tert-OH is 1. The van der Waals surface area contributed by atoms with Gasteiger partial charge in [-0.05, 0) is 24.3 Å². The number of hydrogen-bond donors (Lipinski definition) is 1. The van der Waals surface area contributed by atoms with Crippen LogP contribution in [0.3, 0.4) is 0 Å². The van der Waals surface area contributed by atoms with Crippen molar-refractivity contribution in [1.82, 2.24) is 15.0 Å². The van der Waals surface area contributed by atoms with Gasteiger partial charge in [0.25, 0.3) is 5.91 Å². The first-order valence-corrected chi connectivity index (χ1v) is 9.73. The monoisotopic (exact) mass is 446 g/mol. The second kappa shape index (κ2) is 7.69. The molecule has 0 spiro atoms. The number of epoxide rings is 1. The molecule has 0 saturated carbocycles. The Labute approximate surface area is 179 Å². The normalized spacial score (nSPS) is 26.5. The van der Waals surface area contributed by atoms with E-state index in [0.717, 1.165) is 17.0 Å². The number of aliphatic hydroxyl groups is 1. The van der Waals surface area contributed by atoms with Crippen molar-refractivity contribution < 1.29 is 32.5 Å². The zero-order chi connectivity index (χ0) is 22.6. The summed E-state index contributed by atoms with van der Waals surface area (Å²) in [5, 5.41) is 19.0. The second-order valence-electron chi connectivity index (χ2n) is 7.60. The Kier molecular flexibility index (Phi) is 4.96. The minimum Gasteiger partial charge on any atom is -0.387 e. The second-order valence-corrected chi connectivity index (χ2v) is 7.60. The molecule has 2 saturated heterocycles. The molecule has 0 bridgehead atoms. The van der Waals surface area contributed by atoms with Gasteiger partial charge in [-0.2, -0.15) is 0 Å². The van der Waals surface area contributed by atoms with Gasteiger partial charge < -0.3 is 19.5 Å². The van der Waals surface area contributed by atoms with Crippen LogP contribution in [0.2, 0.25) is 0 Å². The van der Waals surface area contributed by atoms with E-state index in [1.54, 1.807) is 6.07 Å². The van der Waals surface area contributed by atoms with Crippen molar-refractivity contribution in [3.8, 4) is 11.3 Å². The predicted molar refractivity (Wildman–Crippen MR) is 104 cm³/mol. The summed E-state index contributed by atoms with van der Waals surface area (Å²) in [7, 11) is 1.36. The third-order valence-electron chi connectivity index (χ3n) is 5.56. The lowest BCUT2D eigenvalue weighted by atomic mass is 9.98. The van der Waals surface area contributed by atoms with E-state index in [-0.39, 0.29) is 5.69 Å². The minimum absolute atomic E-state index is 0.0919. The van der Waals surface area contributed by atoms with Crippen molar-refractivity contribution in [2.45, 2.75) is 30.6 Å². The largest absolute Gasteiger partial charge is 0.387 e. The van der Waals surface area contributed by atoms with Gasteiger partial charge in [-0.3, -0.25) is 4.79 Å². The van der Waals surface area contributed by atoms with E-state index in [4.69, 9.17) is 9.47 Å². The average molecular weight is 446 g/mol. The standard InChI is InChI=1S/C21H17F3N4O4/c1-27(12-5-6-13(23)14(24)8-12)20(30)19-17(29)16(18-21(31-18)32-19)28-9-15(25-26-28)10-3-2-4-11(22)7-10/h2-9,16-19,21,29H,1H3. The highest BCUT2D eigenvalue weighted by Crippen LogP contribution is 2.43. The summed E-state index contributed by atoms with van der Waals surface area (Å²) in [6, 6.07) is 8.02. The van der Waals surface area contributed by atoms with Crippen LogP contribution in [-0.4, -0.2) is 57.7 Å². The van der Waals surface area contributed by atoms with E-state index in [1.165, 1.54) is 42.2 Å². The van der Waals surface area contributed by atoms with E-state index in [0.29, 0.717) is 11.3 Å². The SMILES string of the molecule is CN(C(=O)C1OC2OC2C(n2cc(-c3cccc(F)c3)nn2)C1O)c1ccc(F)c(F)c1. The minimum atomic E-state index is -1.37. The predicted octanol–water partition coefficient (Wildman–Crippen LogP) is 2.05. The lowest BCUT2D eigenvalue weighted by Crippen LogP contribution is -2.53. The van der Waals surface area contributed by atoms with Crippen LogP contribution in [-0.2, 0) is 14.3 Å². The number of aromatic nitrogens is 3. The molecular weight excluding hydrogens is 429 g/mol. The third kappa shape index (κ3) is 3.53. The fourth-order valence-electron chi connectivity index (χ4n) is 3.78. The van der Waals surface area contributed by atoms with Crippen LogP contribution in [0, 0.1) is 17.5 Å². The van der Waals surface area contributed by atoms with Crippen LogP contribution in [0.1, 0.15) is 6.04 Å². The fraction of sp³-hybridized carbons (Fsp3) is 0.286. The van der Waals surface area contributed by atoms with Gasteiger partial charge in [0, 0.05) is 24.4 Å². The van der Waals surface area contributed by atoms with Crippen LogP contribution in [0.4, 0.5) is 18.9 Å². The molecule has 2 aromatic carbocycles. The van der Waals surface area contributed by atoms with E-state index in [2.05, 4.69) is 10.3 Å². The van der Waals surface area contributed by atoms with Crippen LogP contribution in [0.15, 0.2) is 48.7 Å². The number of rotatable bonds is 4. The third-order valence-corrected chi connectivity index (χ3v) is 5.56. The van der Waals surface area contributed by atoms with E-state index in [9.17, 15) is 23.1 Å². The van der Waals surface area contributed by atoms with Gasteiger partial charge in [0.1, 0.15) is 29.8 Å². The van der Waals surface area contributed by atoms with E-state index < -0.39 is 54.0 Å². The first-order chi connectivity index (χ1) is 15.3. The molecule has 0 aliphatic carbocycles. The number of carbonyl (C=O) groups excluding carboxylic acids is 1. The number of nitrogens with zero attached hydrogens (tertiary/aromatic N) is 4. The molecule has 3 aromatic rings. The molecule has 11 heteroatoms. The molecule has 3 heterocycles. The van der Waals surface area contributed by atoms with Gasteiger partial charge in [0.05, 0.1) is 6.20 Å².